The fourth-order valence-electron chi connectivity index (χ4n) is 1.27. The molecule has 3 nitrogen and oxygen atoms in total. The highest BCUT2D eigenvalue weighted by Gasteiger charge is 1.95. The van der Waals surface area contributed by atoms with Crippen molar-refractivity contribution in [3.63, 3.8) is 0 Å². The first-order valence-electron chi connectivity index (χ1n) is 4.99. The van der Waals surface area contributed by atoms with Crippen LogP contribution < -0.4 is 5.56 Å². The van der Waals surface area contributed by atoms with Crippen LogP contribution in [0, 0.1) is 6.92 Å². The number of hydrogen-bond acceptors (Lipinski definition) is 2. The van der Waals surface area contributed by atoms with Crippen molar-refractivity contribution in [1.82, 2.24) is 4.57 Å². The van der Waals surface area contributed by atoms with E-state index in [1.54, 1.807) is 10.6 Å². The van der Waals surface area contributed by atoms with E-state index in [0.717, 1.165) is 31.7 Å². The molecule has 0 aliphatic rings. The molecule has 0 aliphatic heterocycles. The van der Waals surface area contributed by atoms with Crippen molar-refractivity contribution in [2.24, 2.45) is 0 Å². The van der Waals surface area contributed by atoms with Gasteiger partial charge in [0, 0.05) is 32.0 Å². The Kier molecular flexibility index (Phi) is 4.40. The van der Waals surface area contributed by atoms with Gasteiger partial charge in [0.2, 0.25) is 0 Å². The van der Waals surface area contributed by atoms with Gasteiger partial charge in [0.05, 0.1) is 0 Å². The van der Waals surface area contributed by atoms with Gasteiger partial charge in [-0.1, -0.05) is 0 Å². The highest BCUT2D eigenvalue weighted by Crippen LogP contribution is 1.93. The zero-order valence-electron chi connectivity index (χ0n) is 8.82. The van der Waals surface area contributed by atoms with Gasteiger partial charge in [0.15, 0.2) is 0 Å². The Balaban J connectivity index is 2.47. The third-order valence-electron chi connectivity index (χ3n) is 2.04. The third-order valence-corrected chi connectivity index (χ3v) is 2.04. The number of rotatable bonds is 5. The second-order valence-corrected chi connectivity index (χ2v) is 3.29. The van der Waals surface area contributed by atoms with Crippen molar-refractivity contribution in [2.45, 2.75) is 26.8 Å². The smallest absolute Gasteiger partial charge is 0.250 e. The number of hydrogen-bond donors (Lipinski definition) is 0. The molecule has 14 heavy (non-hydrogen) atoms. The van der Waals surface area contributed by atoms with E-state index in [4.69, 9.17) is 4.74 Å². The van der Waals surface area contributed by atoms with Crippen LogP contribution in [-0.2, 0) is 11.3 Å². The maximum atomic E-state index is 11.4. The van der Waals surface area contributed by atoms with E-state index in [9.17, 15) is 4.79 Å². The minimum Gasteiger partial charge on any atom is -0.382 e. The van der Waals surface area contributed by atoms with Gasteiger partial charge in [-0.15, -0.1) is 0 Å². The molecule has 0 atom stereocenters. The van der Waals surface area contributed by atoms with Gasteiger partial charge in [-0.2, -0.15) is 0 Å². The van der Waals surface area contributed by atoms with Crippen LogP contribution in [0.4, 0.5) is 0 Å². The van der Waals surface area contributed by atoms with Crippen LogP contribution >= 0.6 is 0 Å². The predicted octanol–water partition coefficient (Wildman–Crippen LogP) is 1.58. The van der Waals surface area contributed by atoms with Crippen molar-refractivity contribution in [2.75, 3.05) is 13.2 Å². The topological polar surface area (TPSA) is 31.2 Å². The van der Waals surface area contributed by atoms with Crippen molar-refractivity contribution < 1.29 is 4.74 Å². The van der Waals surface area contributed by atoms with Crippen molar-refractivity contribution in [1.29, 1.82) is 0 Å². The average molecular weight is 195 g/mol. The van der Waals surface area contributed by atoms with Gasteiger partial charge in [0.1, 0.15) is 0 Å². The minimum absolute atomic E-state index is 0.0708. The highest BCUT2D eigenvalue weighted by atomic mass is 16.5. The molecule has 1 aromatic heterocycles. The summed E-state index contributed by atoms with van der Waals surface area (Å²) in [5.41, 5.74) is 1.08. The Bertz CT molecular complexity index is 330. The van der Waals surface area contributed by atoms with Crippen LogP contribution in [0.5, 0.6) is 0 Å². The summed E-state index contributed by atoms with van der Waals surface area (Å²) in [4.78, 5) is 11.4. The molecule has 0 N–H and O–H groups in total. The van der Waals surface area contributed by atoms with Crippen LogP contribution in [0.25, 0.3) is 0 Å². The van der Waals surface area contributed by atoms with Crippen molar-refractivity contribution in [3.8, 4) is 0 Å². The largest absolute Gasteiger partial charge is 0.382 e. The zero-order chi connectivity index (χ0) is 10.4. The molecule has 3 heteroatoms. The molecule has 1 heterocycles. The molecule has 0 unspecified atom stereocenters. The molecule has 0 bridgehead atoms. The Hall–Kier alpha value is -1.09. The van der Waals surface area contributed by atoms with Gasteiger partial charge in [0.25, 0.3) is 5.56 Å². The molecule has 78 valence electrons. The van der Waals surface area contributed by atoms with E-state index in [2.05, 4.69) is 0 Å². The zero-order valence-corrected chi connectivity index (χ0v) is 8.82. The first kappa shape index (κ1) is 11.0. The number of aryl methyl sites for hydroxylation is 2. The van der Waals surface area contributed by atoms with E-state index in [0.29, 0.717) is 0 Å². The monoisotopic (exact) mass is 195 g/mol. The molecular formula is C11H17NO2. The lowest BCUT2D eigenvalue weighted by molar-refractivity contribution is 0.141. The number of ether oxygens (including phenoxy) is 1. The summed E-state index contributed by atoms with van der Waals surface area (Å²) in [6.45, 7) is 6.09. The highest BCUT2D eigenvalue weighted by molar-refractivity contribution is 5.07. The second-order valence-electron chi connectivity index (χ2n) is 3.29. The van der Waals surface area contributed by atoms with Crippen LogP contribution in [0.15, 0.2) is 23.1 Å². The van der Waals surface area contributed by atoms with E-state index >= 15 is 0 Å². The summed E-state index contributed by atoms with van der Waals surface area (Å²) in [5, 5.41) is 0. The van der Waals surface area contributed by atoms with Crippen molar-refractivity contribution >= 4 is 0 Å². The van der Waals surface area contributed by atoms with E-state index in [1.165, 1.54) is 0 Å². The molecule has 0 fully saturated rings. The minimum atomic E-state index is 0.0708. The molecule has 0 spiro atoms. The summed E-state index contributed by atoms with van der Waals surface area (Å²) in [5.74, 6) is 0. The lowest BCUT2D eigenvalue weighted by Gasteiger charge is -2.05. The van der Waals surface area contributed by atoms with Gasteiger partial charge >= 0.3 is 0 Å². The summed E-state index contributed by atoms with van der Waals surface area (Å²) in [7, 11) is 0. The lowest BCUT2D eigenvalue weighted by atomic mass is 10.3. The number of pyridine rings is 1. The summed E-state index contributed by atoms with van der Waals surface area (Å²) >= 11 is 0. The fourth-order valence-corrected chi connectivity index (χ4v) is 1.27. The van der Waals surface area contributed by atoms with Crippen molar-refractivity contribution in [3.05, 3.63) is 34.2 Å². The first-order valence-corrected chi connectivity index (χ1v) is 4.99. The quantitative estimate of drug-likeness (QED) is 0.668. The Labute approximate surface area is 84.3 Å². The molecule has 0 aromatic carbocycles. The molecule has 0 radical (unpaired) electrons. The van der Waals surface area contributed by atoms with Gasteiger partial charge < -0.3 is 9.30 Å². The number of aromatic nitrogens is 1. The molecule has 0 amide bonds. The van der Waals surface area contributed by atoms with Crippen LogP contribution in [0.2, 0.25) is 0 Å². The van der Waals surface area contributed by atoms with E-state index in [-0.39, 0.29) is 5.56 Å². The Morgan fingerprint density at radius 1 is 1.50 bits per heavy atom. The summed E-state index contributed by atoms with van der Waals surface area (Å²) in [6, 6.07) is 3.60. The summed E-state index contributed by atoms with van der Waals surface area (Å²) < 4.78 is 6.92. The van der Waals surface area contributed by atoms with Crippen LogP contribution in [0.1, 0.15) is 18.9 Å². The van der Waals surface area contributed by atoms with Gasteiger partial charge in [-0.05, 0) is 31.9 Å². The Morgan fingerprint density at radius 3 is 2.93 bits per heavy atom. The standard InChI is InChI=1S/C11H17NO2/c1-3-14-8-4-6-12-7-5-10(2)9-11(12)13/h5,7,9H,3-4,6,8H2,1-2H3. The van der Waals surface area contributed by atoms with E-state index < -0.39 is 0 Å². The van der Waals surface area contributed by atoms with Crippen LogP contribution in [0.3, 0.4) is 0 Å². The lowest BCUT2D eigenvalue weighted by Crippen LogP contribution is -2.19. The molecule has 1 aromatic rings. The fraction of sp³-hybridized carbons (Fsp3) is 0.545. The average Bonchev–Trinajstić information content (AvgIpc) is 2.15. The molecule has 0 saturated heterocycles. The van der Waals surface area contributed by atoms with Gasteiger partial charge in [-0.3, -0.25) is 4.79 Å². The Morgan fingerprint density at radius 2 is 2.29 bits per heavy atom. The first-order chi connectivity index (χ1) is 6.74. The second kappa shape index (κ2) is 5.60. The predicted molar refractivity (Wildman–Crippen MR) is 56.5 cm³/mol. The van der Waals surface area contributed by atoms with E-state index in [1.807, 2.05) is 26.1 Å². The third kappa shape index (κ3) is 3.34. The summed E-state index contributed by atoms with van der Waals surface area (Å²) in [6.07, 6.45) is 2.72. The molecular weight excluding hydrogens is 178 g/mol. The maximum absolute atomic E-state index is 11.4. The van der Waals surface area contributed by atoms with Crippen LogP contribution in [-0.4, -0.2) is 17.8 Å². The maximum Gasteiger partial charge on any atom is 0.250 e. The number of nitrogens with zero attached hydrogens (tertiary/aromatic N) is 1. The molecule has 0 saturated carbocycles. The molecule has 0 aliphatic carbocycles. The SMILES string of the molecule is CCOCCCn1ccc(C)cc1=O. The molecule has 1 rings (SSSR count). The normalized spacial score (nSPS) is 10.4. The van der Waals surface area contributed by atoms with Gasteiger partial charge in [-0.25, -0.2) is 0 Å².